The maximum Gasteiger partial charge on any atom is 0.241 e. The highest BCUT2D eigenvalue weighted by atomic mass is 32.2. The smallest absolute Gasteiger partial charge is 0.241 e. The van der Waals surface area contributed by atoms with E-state index in [0.29, 0.717) is 24.2 Å². The van der Waals surface area contributed by atoms with Crippen molar-refractivity contribution in [1.29, 1.82) is 0 Å². The van der Waals surface area contributed by atoms with E-state index < -0.39 is 10.0 Å². The molecule has 0 saturated heterocycles. The summed E-state index contributed by atoms with van der Waals surface area (Å²) in [5.74, 6) is 0. The molecule has 1 rings (SSSR count). The minimum Gasteiger partial charge on any atom is -0.265 e. The van der Waals surface area contributed by atoms with Crippen molar-refractivity contribution >= 4 is 10.0 Å². The van der Waals surface area contributed by atoms with Gasteiger partial charge in [0.2, 0.25) is 10.0 Å². The average Bonchev–Trinajstić information content (AvgIpc) is 2.55. The molecule has 0 spiro atoms. The van der Waals surface area contributed by atoms with Gasteiger partial charge in [0.1, 0.15) is 4.90 Å². The first-order chi connectivity index (χ1) is 7.32. The van der Waals surface area contributed by atoms with E-state index in [1.807, 2.05) is 27.7 Å². The van der Waals surface area contributed by atoms with Crippen LogP contribution in [0.25, 0.3) is 0 Å². The highest BCUT2D eigenvalue weighted by Crippen LogP contribution is 2.23. The second kappa shape index (κ2) is 4.55. The quantitative estimate of drug-likeness (QED) is 0.866. The molecule has 92 valence electrons. The van der Waals surface area contributed by atoms with Crippen LogP contribution in [0.5, 0.6) is 0 Å². The van der Waals surface area contributed by atoms with Crippen LogP contribution in [0.2, 0.25) is 0 Å². The molecule has 5 nitrogen and oxygen atoms in total. The first kappa shape index (κ1) is 13.2. The number of sulfonamides is 1. The number of primary sulfonamides is 1. The summed E-state index contributed by atoms with van der Waals surface area (Å²) in [6.07, 6.45) is 1.18. The van der Waals surface area contributed by atoms with Crippen molar-refractivity contribution in [3.8, 4) is 0 Å². The summed E-state index contributed by atoms with van der Waals surface area (Å²) < 4.78 is 24.9. The molecule has 1 aromatic heterocycles. The molecule has 0 aliphatic rings. The highest BCUT2D eigenvalue weighted by Gasteiger charge is 2.24. The lowest BCUT2D eigenvalue weighted by atomic mass is 10.2. The van der Waals surface area contributed by atoms with Crippen molar-refractivity contribution in [3.05, 3.63) is 11.4 Å². The monoisotopic (exact) mass is 245 g/mol. The van der Waals surface area contributed by atoms with Crippen LogP contribution in [0.15, 0.2) is 4.90 Å². The van der Waals surface area contributed by atoms with Crippen molar-refractivity contribution in [2.75, 3.05) is 0 Å². The average molecular weight is 245 g/mol. The third-order valence-electron chi connectivity index (χ3n) is 2.47. The summed E-state index contributed by atoms with van der Waals surface area (Å²) in [5, 5.41) is 9.56. The molecule has 0 radical (unpaired) electrons. The van der Waals surface area contributed by atoms with E-state index in [2.05, 4.69) is 5.10 Å². The zero-order valence-corrected chi connectivity index (χ0v) is 11.0. The Bertz CT molecular complexity index is 474. The number of nitrogens with two attached hydrogens (primary N) is 1. The predicted octanol–water partition coefficient (Wildman–Crippen LogP) is 1.24. The second-order valence-electron chi connectivity index (χ2n) is 4.01. The van der Waals surface area contributed by atoms with Gasteiger partial charge in [-0.1, -0.05) is 13.8 Å². The minimum absolute atomic E-state index is 0.135. The van der Waals surface area contributed by atoms with Gasteiger partial charge < -0.3 is 0 Å². The maximum absolute atomic E-state index is 11.6. The van der Waals surface area contributed by atoms with E-state index in [4.69, 9.17) is 5.14 Å². The molecule has 0 bridgehead atoms. The molecule has 16 heavy (non-hydrogen) atoms. The molecule has 0 saturated carbocycles. The van der Waals surface area contributed by atoms with Gasteiger partial charge in [0, 0.05) is 6.04 Å². The van der Waals surface area contributed by atoms with Crippen LogP contribution in [-0.2, 0) is 22.9 Å². The standard InChI is InChI=1S/C10H19N3O2S/c1-5-8-10(16(11,14)15)9(6-2)13(12-8)7(3)4/h7H,5-6H2,1-4H3,(H2,11,14,15). The van der Waals surface area contributed by atoms with E-state index in [9.17, 15) is 8.42 Å². The summed E-state index contributed by atoms with van der Waals surface area (Å²) in [7, 11) is -3.68. The van der Waals surface area contributed by atoms with E-state index in [-0.39, 0.29) is 10.9 Å². The first-order valence-corrected chi connectivity index (χ1v) is 7.00. The Morgan fingerprint density at radius 2 is 1.88 bits per heavy atom. The SMILES string of the molecule is CCc1nn(C(C)C)c(CC)c1S(N)(=O)=O. The minimum atomic E-state index is -3.68. The fourth-order valence-corrected chi connectivity index (χ4v) is 2.90. The molecule has 6 heteroatoms. The Morgan fingerprint density at radius 3 is 2.19 bits per heavy atom. The second-order valence-corrected chi connectivity index (χ2v) is 5.51. The lowest BCUT2D eigenvalue weighted by Crippen LogP contribution is -2.16. The van der Waals surface area contributed by atoms with Crippen LogP contribution < -0.4 is 5.14 Å². The fraction of sp³-hybridized carbons (Fsp3) is 0.700. The van der Waals surface area contributed by atoms with Gasteiger partial charge in [-0.25, -0.2) is 13.6 Å². The van der Waals surface area contributed by atoms with Crippen molar-refractivity contribution in [2.24, 2.45) is 5.14 Å². The fourth-order valence-electron chi connectivity index (χ4n) is 1.82. The highest BCUT2D eigenvalue weighted by molar-refractivity contribution is 7.89. The van der Waals surface area contributed by atoms with Gasteiger partial charge in [-0.15, -0.1) is 0 Å². The lowest BCUT2D eigenvalue weighted by molar-refractivity contribution is 0.505. The Balaban J connectivity index is 3.57. The van der Waals surface area contributed by atoms with Crippen LogP contribution in [0, 0.1) is 0 Å². The predicted molar refractivity (Wildman–Crippen MR) is 62.7 cm³/mol. The molecule has 0 aliphatic heterocycles. The van der Waals surface area contributed by atoms with Gasteiger partial charge in [-0.3, -0.25) is 4.68 Å². The Morgan fingerprint density at radius 1 is 1.31 bits per heavy atom. The van der Waals surface area contributed by atoms with Crippen LogP contribution in [0.3, 0.4) is 0 Å². The number of nitrogens with zero attached hydrogens (tertiary/aromatic N) is 2. The molecule has 0 aliphatic carbocycles. The molecule has 0 amide bonds. The lowest BCUT2D eigenvalue weighted by Gasteiger charge is -2.09. The maximum atomic E-state index is 11.6. The van der Waals surface area contributed by atoms with Crippen LogP contribution >= 0.6 is 0 Å². The van der Waals surface area contributed by atoms with Gasteiger partial charge in [-0.05, 0) is 26.7 Å². The van der Waals surface area contributed by atoms with Crippen LogP contribution in [-0.4, -0.2) is 18.2 Å². The summed E-state index contributed by atoms with van der Waals surface area (Å²) in [4.78, 5) is 0.214. The largest absolute Gasteiger partial charge is 0.265 e. The third kappa shape index (κ3) is 2.27. The van der Waals surface area contributed by atoms with Gasteiger partial charge in [-0.2, -0.15) is 5.10 Å². The van der Waals surface area contributed by atoms with Gasteiger partial charge >= 0.3 is 0 Å². The van der Waals surface area contributed by atoms with Crippen LogP contribution in [0.4, 0.5) is 0 Å². The number of aromatic nitrogens is 2. The Kier molecular flexibility index (Phi) is 3.75. The Labute approximate surface area is 96.7 Å². The van der Waals surface area contributed by atoms with E-state index in [1.165, 1.54) is 0 Å². The van der Waals surface area contributed by atoms with Gasteiger partial charge in [0.25, 0.3) is 0 Å². The first-order valence-electron chi connectivity index (χ1n) is 5.45. The topological polar surface area (TPSA) is 78.0 Å². The number of hydrogen-bond donors (Lipinski definition) is 1. The molecule has 1 aromatic rings. The van der Waals surface area contributed by atoms with Gasteiger partial charge in [0.05, 0.1) is 11.4 Å². The molecule has 0 aromatic carbocycles. The number of aryl methyl sites for hydroxylation is 1. The van der Waals surface area contributed by atoms with E-state index in [1.54, 1.807) is 4.68 Å². The molecular formula is C10H19N3O2S. The normalized spacial score (nSPS) is 12.4. The third-order valence-corrected chi connectivity index (χ3v) is 3.51. The van der Waals surface area contributed by atoms with Crippen LogP contribution in [0.1, 0.15) is 45.1 Å². The molecule has 0 fully saturated rings. The zero-order chi connectivity index (χ0) is 12.5. The molecular weight excluding hydrogens is 226 g/mol. The summed E-state index contributed by atoms with van der Waals surface area (Å²) in [6, 6.07) is 0.135. The van der Waals surface area contributed by atoms with Gasteiger partial charge in [0.15, 0.2) is 0 Å². The molecule has 1 heterocycles. The summed E-state index contributed by atoms with van der Waals surface area (Å²) in [5.41, 5.74) is 1.27. The number of hydrogen-bond acceptors (Lipinski definition) is 3. The summed E-state index contributed by atoms with van der Waals surface area (Å²) in [6.45, 7) is 7.72. The van der Waals surface area contributed by atoms with Crippen molar-refractivity contribution in [2.45, 2.75) is 51.5 Å². The Hall–Kier alpha value is -0.880. The number of rotatable bonds is 4. The molecule has 0 unspecified atom stereocenters. The summed E-state index contributed by atoms with van der Waals surface area (Å²) >= 11 is 0. The van der Waals surface area contributed by atoms with Crippen molar-refractivity contribution in [3.63, 3.8) is 0 Å². The van der Waals surface area contributed by atoms with E-state index in [0.717, 1.165) is 0 Å². The molecule has 2 N–H and O–H groups in total. The zero-order valence-electron chi connectivity index (χ0n) is 10.2. The van der Waals surface area contributed by atoms with Crippen molar-refractivity contribution in [1.82, 2.24) is 9.78 Å². The van der Waals surface area contributed by atoms with E-state index >= 15 is 0 Å². The molecule has 0 atom stereocenters. The van der Waals surface area contributed by atoms with Crippen molar-refractivity contribution < 1.29 is 8.42 Å².